The lowest BCUT2D eigenvalue weighted by atomic mass is 10.2. The van der Waals surface area contributed by atoms with Crippen molar-refractivity contribution < 1.29 is 4.79 Å². The Hall–Kier alpha value is -1.31. The lowest BCUT2D eigenvalue weighted by Crippen LogP contribution is -1.93. The molecule has 0 spiro atoms. The molecule has 0 atom stereocenters. The molecule has 0 aliphatic heterocycles. The second-order valence-corrected chi connectivity index (χ2v) is 1.75. The maximum absolute atomic E-state index is 10.2. The van der Waals surface area contributed by atoms with Gasteiger partial charge in [-0.2, -0.15) is 0 Å². The van der Waals surface area contributed by atoms with Crippen molar-refractivity contribution in [3.8, 4) is 0 Å². The summed E-state index contributed by atoms with van der Waals surface area (Å²) in [5.41, 5.74) is 6.47. The van der Waals surface area contributed by atoms with E-state index in [0.717, 1.165) is 0 Å². The van der Waals surface area contributed by atoms with Crippen molar-refractivity contribution >= 4 is 6.29 Å². The Kier molecular flexibility index (Phi) is 10.7. The summed E-state index contributed by atoms with van der Waals surface area (Å²) in [5, 5.41) is 0. The van der Waals surface area contributed by atoms with Crippen LogP contribution in [0, 0.1) is 0 Å². The first kappa shape index (κ1) is 13.3. The Labute approximate surface area is 74.5 Å². The van der Waals surface area contributed by atoms with Gasteiger partial charge in [-0.15, -0.1) is 0 Å². The van der Waals surface area contributed by atoms with Gasteiger partial charge in [0.2, 0.25) is 0 Å². The zero-order valence-corrected chi connectivity index (χ0v) is 8.00. The van der Waals surface area contributed by atoms with Crippen molar-refractivity contribution in [3.63, 3.8) is 0 Å². The fourth-order valence-electron chi connectivity index (χ4n) is 0.417. The summed E-state index contributed by atoms with van der Waals surface area (Å²) < 4.78 is 0. The van der Waals surface area contributed by atoms with Crippen molar-refractivity contribution in [2.24, 2.45) is 5.73 Å². The summed E-state index contributed by atoms with van der Waals surface area (Å²) in [5.74, 6) is 0. The van der Waals surface area contributed by atoms with Crippen LogP contribution < -0.4 is 5.73 Å². The molecule has 0 bridgehead atoms. The number of carbonyl (C=O) groups excluding carboxylic acids is 1. The second-order valence-electron chi connectivity index (χ2n) is 1.75. The van der Waals surface area contributed by atoms with Gasteiger partial charge in [0.1, 0.15) is 6.29 Å². The predicted octanol–water partition coefficient (Wildman–Crippen LogP) is 2.19. The molecule has 0 aliphatic rings. The number of aldehydes is 1. The zero-order chi connectivity index (χ0) is 9.98. The van der Waals surface area contributed by atoms with E-state index in [1.54, 1.807) is 19.1 Å². The summed E-state index contributed by atoms with van der Waals surface area (Å²) in [6, 6.07) is 0. The van der Waals surface area contributed by atoms with Crippen molar-refractivity contribution in [1.82, 2.24) is 0 Å². The van der Waals surface area contributed by atoms with Gasteiger partial charge in [0.05, 0.1) is 0 Å². The van der Waals surface area contributed by atoms with Crippen molar-refractivity contribution in [2.45, 2.75) is 20.8 Å². The summed E-state index contributed by atoms with van der Waals surface area (Å²) in [6.45, 7) is 9.24. The van der Waals surface area contributed by atoms with E-state index in [1.165, 1.54) is 6.08 Å². The van der Waals surface area contributed by atoms with Crippen LogP contribution in [0.15, 0.2) is 36.1 Å². The van der Waals surface area contributed by atoms with Gasteiger partial charge in [-0.1, -0.05) is 32.6 Å². The highest BCUT2D eigenvalue weighted by molar-refractivity contribution is 5.78. The first-order valence-corrected chi connectivity index (χ1v) is 3.95. The monoisotopic (exact) mass is 167 g/mol. The predicted molar refractivity (Wildman–Crippen MR) is 53.6 cm³/mol. The Balaban J connectivity index is 0. The molecule has 0 aromatic carbocycles. The normalized spacial score (nSPS) is 11.2. The molecule has 0 fully saturated rings. The molecule has 0 aromatic rings. The maximum Gasteiger partial charge on any atom is 0.150 e. The average Bonchev–Trinajstić information content (AvgIpc) is 2.16. The second kappa shape index (κ2) is 9.69. The molecular weight excluding hydrogens is 150 g/mol. The Bertz CT molecular complexity index is 180. The summed E-state index contributed by atoms with van der Waals surface area (Å²) in [7, 11) is 0. The number of carbonyl (C=O) groups is 1. The van der Waals surface area contributed by atoms with E-state index in [0.29, 0.717) is 17.6 Å². The molecule has 68 valence electrons. The molecule has 0 saturated carbocycles. The molecule has 0 radical (unpaired) electrons. The quantitative estimate of drug-likeness (QED) is 0.398. The third-order valence-electron chi connectivity index (χ3n) is 1.04. The highest BCUT2D eigenvalue weighted by Crippen LogP contribution is 1.94. The van der Waals surface area contributed by atoms with Crippen molar-refractivity contribution in [2.75, 3.05) is 0 Å². The average molecular weight is 167 g/mol. The molecule has 0 amide bonds. The minimum atomic E-state index is 0.496. The van der Waals surface area contributed by atoms with Crippen LogP contribution in [0.1, 0.15) is 20.8 Å². The van der Waals surface area contributed by atoms with E-state index in [4.69, 9.17) is 5.73 Å². The van der Waals surface area contributed by atoms with Gasteiger partial charge in [0.15, 0.2) is 0 Å². The van der Waals surface area contributed by atoms with Gasteiger partial charge < -0.3 is 5.73 Å². The molecular formula is C10H17NO. The standard InChI is InChI=1S/C8H11NO.C2H6/c1-3-7(6-10)5-8(9)4-2;1-2/h3-6H,1,9H2,2H3;1-2H3/b7-5+,8-4+;. The first-order chi connectivity index (χ1) is 5.74. The Morgan fingerprint density at radius 2 is 1.92 bits per heavy atom. The largest absolute Gasteiger partial charge is 0.399 e. The van der Waals surface area contributed by atoms with Crippen molar-refractivity contribution in [1.29, 1.82) is 0 Å². The lowest BCUT2D eigenvalue weighted by molar-refractivity contribution is -0.104. The third kappa shape index (κ3) is 6.81. The minimum absolute atomic E-state index is 0.496. The van der Waals surface area contributed by atoms with Crippen molar-refractivity contribution in [3.05, 3.63) is 36.1 Å². The molecule has 2 nitrogen and oxygen atoms in total. The van der Waals surface area contributed by atoms with E-state index in [1.807, 2.05) is 13.8 Å². The molecule has 0 aromatic heterocycles. The Morgan fingerprint density at radius 3 is 2.17 bits per heavy atom. The molecule has 0 unspecified atom stereocenters. The Morgan fingerprint density at radius 1 is 1.42 bits per heavy atom. The van der Waals surface area contributed by atoms with Crippen LogP contribution >= 0.6 is 0 Å². The van der Waals surface area contributed by atoms with E-state index in [2.05, 4.69) is 6.58 Å². The molecule has 0 rings (SSSR count). The molecule has 0 aliphatic carbocycles. The highest BCUT2D eigenvalue weighted by atomic mass is 16.1. The van der Waals surface area contributed by atoms with Crippen LogP contribution in [0.4, 0.5) is 0 Å². The number of nitrogens with two attached hydrogens (primary N) is 1. The summed E-state index contributed by atoms with van der Waals surface area (Å²) in [4.78, 5) is 10.2. The van der Waals surface area contributed by atoms with E-state index in [-0.39, 0.29) is 0 Å². The molecule has 0 heterocycles. The number of hydrogen-bond acceptors (Lipinski definition) is 2. The summed E-state index contributed by atoms with van der Waals surface area (Å²) >= 11 is 0. The van der Waals surface area contributed by atoms with Gasteiger partial charge in [-0.3, -0.25) is 4.79 Å². The van der Waals surface area contributed by atoms with Crippen LogP contribution in [0.3, 0.4) is 0 Å². The van der Waals surface area contributed by atoms with Gasteiger partial charge in [0, 0.05) is 11.3 Å². The number of rotatable bonds is 3. The summed E-state index contributed by atoms with van der Waals surface area (Å²) in [6.07, 6.45) is 5.46. The van der Waals surface area contributed by atoms with Crippen LogP contribution in [0.25, 0.3) is 0 Å². The highest BCUT2D eigenvalue weighted by Gasteiger charge is 1.86. The molecule has 2 heteroatoms. The number of allylic oxidation sites excluding steroid dienone is 4. The fraction of sp³-hybridized carbons (Fsp3) is 0.300. The fourth-order valence-corrected chi connectivity index (χ4v) is 0.417. The lowest BCUT2D eigenvalue weighted by Gasteiger charge is -1.90. The van der Waals surface area contributed by atoms with Gasteiger partial charge >= 0.3 is 0 Å². The molecule has 12 heavy (non-hydrogen) atoms. The molecule has 0 saturated heterocycles. The van der Waals surface area contributed by atoms with E-state index in [9.17, 15) is 4.79 Å². The third-order valence-corrected chi connectivity index (χ3v) is 1.04. The van der Waals surface area contributed by atoms with Crippen LogP contribution in [-0.2, 0) is 4.79 Å². The molecule has 2 N–H and O–H groups in total. The SMILES string of the molecule is C=C/C(C=O)=C\C(N)=C/C.CC. The van der Waals surface area contributed by atoms with E-state index >= 15 is 0 Å². The van der Waals surface area contributed by atoms with Gasteiger partial charge in [0.25, 0.3) is 0 Å². The smallest absolute Gasteiger partial charge is 0.150 e. The van der Waals surface area contributed by atoms with Gasteiger partial charge in [-0.05, 0) is 13.0 Å². The topological polar surface area (TPSA) is 43.1 Å². The van der Waals surface area contributed by atoms with E-state index < -0.39 is 0 Å². The minimum Gasteiger partial charge on any atom is -0.399 e. The van der Waals surface area contributed by atoms with Crippen LogP contribution in [0.5, 0.6) is 0 Å². The maximum atomic E-state index is 10.2. The van der Waals surface area contributed by atoms with Gasteiger partial charge in [-0.25, -0.2) is 0 Å². The van der Waals surface area contributed by atoms with Crippen LogP contribution in [0.2, 0.25) is 0 Å². The number of hydrogen-bond donors (Lipinski definition) is 1. The van der Waals surface area contributed by atoms with Crippen LogP contribution in [-0.4, -0.2) is 6.29 Å². The zero-order valence-electron chi connectivity index (χ0n) is 8.00. The first-order valence-electron chi connectivity index (χ1n) is 3.95.